The lowest BCUT2D eigenvalue weighted by atomic mass is 9.99. The van der Waals surface area contributed by atoms with Gasteiger partial charge < -0.3 is 40.3 Å². The summed E-state index contributed by atoms with van der Waals surface area (Å²) < 4.78 is 11.3. The van der Waals surface area contributed by atoms with E-state index in [1.54, 1.807) is 0 Å². The van der Waals surface area contributed by atoms with Crippen LogP contribution in [0.2, 0.25) is 0 Å². The third-order valence-corrected chi connectivity index (χ3v) is 12.5. The Morgan fingerprint density at radius 3 is 1.22 bits per heavy atom. The van der Waals surface area contributed by atoms with Crippen molar-refractivity contribution < 1.29 is 39.8 Å². The van der Waals surface area contributed by atoms with Crippen molar-refractivity contribution in [2.75, 3.05) is 13.2 Å². The van der Waals surface area contributed by atoms with Gasteiger partial charge in [-0.1, -0.05) is 232 Å². The molecular weight excluding hydrogens is 731 g/mol. The molecule has 346 valence electrons. The number of rotatable bonds is 43. The molecule has 1 heterocycles. The van der Waals surface area contributed by atoms with Crippen molar-refractivity contribution in [3.05, 3.63) is 0 Å². The molecule has 1 rings (SSSR count). The molecule has 1 aliphatic heterocycles. The maximum Gasteiger partial charge on any atom is 0.220 e. The first kappa shape index (κ1) is 55.2. The van der Waals surface area contributed by atoms with Crippen LogP contribution in [0.25, 0.3) is 0 Å². The average molecular weight is 828 g/mol. The molecule has 0 radical (unpaired) electrons. The Bertz CT molecular complexity index is 878. The van der Waals surface area contributed by atoms with Gasteiger partial charge in [0.25, 0.3) is 0 Å². The predicted octanol–water partition coefficient (Wildman–Crippen LogP) is 11.1. The number of amides is 1. The number of carbonyl (C=O) groups is 1. The van der Waals surface area contributed by atoms with Gasteiger partial charge >= 0.3 is 0 Å². The monoisotopic (exact) mass is 828 g/mol. The maximum absolute atomic E-state index is 13.0. The average Bonchev–Trinajstić information content (AvgIpc) is 3.22. The van der Waals surface area contributed by atoms with Crippen molar-refractivity contribution in [1.29, 1.82) is 0 Å². The van der Waals surface area contributed by atoms with Gasteiger partial charge in [-0.25, -0.2) is 0 Å². The Morgan fingerprint density at radius 1 is 0.517 bits per heavy atom. The normalized spacial score (nSPS) is 20.7. The van der Waals surface area contributed by atoms with Crippen molar-refractivity contribution in [3.63, 3.8) is 0 Å². The second-order valence-corrected chi connectivity index (χ2v) is 18.0. The summed E-state index contributed by atoms with van der Waals surface area (Å²) in [5, 5.41) is 54.4. The van der Waals surface area contributed by atoms with Crippen molar-refractivity contribution in [3.8, 4) is 0 Å². The number of aliphatic hydroxyl groups is 5. The molecule has 9 nitrogen and oxygen atoms in total. The quantitative estimate of drug-likeness (QED) is 0.0333. The first-order valence-electron chi connectivity index (χ1n) is 25.2. The molecule has 7 atom stereocenters. The molecule has 1 amide bonds. The third-order valence-electron chi connectivity index (χ3n) is 12.5. The molecule has 1 fully saturated rings. The van der Waals surface area contributed by atoms with Crippen LogP contribution in [0.4, 0.5) is 0 Å². The van der Waals surface area contributed by atoms with Gasteiger partial charge in [-0.15, -0.1) is 0 Å². The smallest absolute Gasteiger partial charge is 0.220 e. The zero-order valence-electron chi connectivity index (χ0n) is 38.1. The van der Waals surface area contributed by atoms with Gasteiger partial charge in [0.2, 0.25) is 5.91 Å². The minimum absolute atomic E-state index is 0.131. The van der Waals surface area contributed by atoms with Gasteiger partial charge in [0.05, 0.1) is 25.4 Å². The van der Waals surface area contributed by atoms with Crippen LogP contribution in [0.5, 0.6) is 0 Å². The van der Waals surface area contributed by atoms with E-state index in [-0.39, 0.29) is 12.5 Å². The lowest BCUT2D eigenvalue weighted by Gasteiger charge is -2.40. The zero-order valence-corrected chi connectivity index (χ0v) is 38.1. The molecule has 7 unspecified atom stereocenters. The number of ether oxygens (including phenoxy) is 2. The number of nitrogens with one attached hydrogen (secondary N) is 1. The first-order chi connectivity index (χ1) is 28.3. The molecule has 0 aromatic carbocycles. The fraction of sp³-hybridized carbons (Fsp3) is 0.980. The molecule has 0 aromatic rings. The largest absolute Gasteiger partial charge is 0.394 e. The van der Waals surface area contributed by atoms with Crippen LogP contribution in [0, 0.1) is 0 Å². The highest BCUT2D eigenvalue weighted by Gasteiger charge is 2.44. The Hall–Kier alpha value is -0.810. The molecule has 58 heavy (non-hydrogen) atoms. The zero-order chi connectivity index (χ0) is 42.3. The van der Waals surface area contributed by atoms with Gasteiger partial charge in [0, 0.05) is 6.42 Å². The van der Waals surface area contributed by atoms with Gasteiger partial charge in [0.15, 0.2) is 6.29 Å². The van der Waals surface area contributed by atoms with Gasteiger partial charge in [0.1, 0.15) is 24.4 Å². The van der Waals surface area contributed by atoms with Crippen LogP contribution in [-0.2, 0) is 14.3 Å². The van der Waals surface area contributed by atoms with E-state index in [4.69, 9.17) is 9.47 Å². The topological polar surface area (TPSA) is 149 Å². The standard InChI is InChI=1S/C49H97NO8/c1-3-5-7-9-11-13-15-17-18-19-20-21-22-23-24-25-27-28-30-32-34-36-38-43(52)42(41-57-49-48(56)47(55)46(54)44(40-51)58-49)50-45(53)39-37-35-33-31-29-26-16-14-12-10-8-6-4-2/h42-44,46-49,51-52,54-56H,3-41H2,1-2H3,(H,50,53). The second-order valence-electron chi connectivity index (χ2n) is 18.0. The number of aliphatic hydroxyl groups excluding tert-OH is 5. The number of hydrogen-bond donors (Lipinski definition) is 6. The maximum atomic E-state index is 13.0. The van der Waals surface area contributed by atoms with Crippen LogP contribution in [-0.4, -0.2) is 87.5 Å². The molecule has 6 N–H and O–H groups in total. The van der Waals surface area contributed by atoms with E-state index in [1.807, 2.05) is 0 Å². The highest BCUT2D eigenvalue weighted by atomic mass is 16.7. The lowest BCUT2D eigenvalue weighted by Crippen LogP contribution is -2.60. The van der Waals surface area contributed by atoms with Gasteiger partial charge in [-0.05, 0) is 12.8 Å². The third kappa shape index (κ3) is 30.3. The predicted molar refractivity (Wildman–Crippen MR) is 240 cm³/mol. The Labute approximate surface area is 357 Å². The van der Waals surface area contributed by atoms with Crippen LogP contribution in [0.15, 0.2) is 0 Å². The summed E-state index contributed by atoms with van der Waals surface area (Å²) in [6, 6.07) is -0.711. The molecule has 0 aromatic heterocycles. The SMILES string of the molecule is CCCCCCCCCCCCCCCCCCCCCCCCC(O)C(COC1OC(CO)C(O)C(O)C1O)NC(=O)CCCCCCCCCCCCCCC. The van der Waals surface area contributed by atoms with Crippen molar-refractivity contribution in [2.45, 2.75) is 294 Å². The highest BCUT2D eigenvalue weighted by molar-refractivity contribution is 5.76. The van der Waals surface area contributed by atoms with E-state index in [0.29, 0.717) is 12.8 Å². The lowest BCUT2D eigenvalue weighted by molar-refractivity contribution is -0.302. The van der Waals surface area contributed by atoms with E-state index < -0.39 is 49.5 Å². The van der Waals surface area contributed by atoms with E-state index in [2.05, 4.69) is 19.2 Å². The Kier molecular flexibility index (Phi) is 38.3. The van der Waals surface area contributed by atoms with Crippen molar-refractivity contribution in [2.24, 2.45) is 0 Å². The molecule has 1 saturated heterocycles. The van der Waals surface area contributed by atoms with Crippen molar-refractivity contribution >= 4 is 5.91 Å². The van der Waals surface area contributed by atoms with Crippen LogP contribution in [0.1, 0.15) is 251 Å². The number of carbonyl (C=O) groups excluding carboxylic acids is 1. The molecule has 0 aliphatic carbocycles. The molecular formula is C49H97NO8. The summed E-state index contributed by atoms with van der Waals surface area (Å²) in [7, 11) is 0. The van der Waals surface area contributed by atoms with E-state index in [1.165, 1.54) is 186 Å². The van der Waals surface area contributed by atoms with Crippen molar-refractivity contribution in [1.82, 2.24) is 5.32 Å². The van der Waals surface area contributed by atoms with E-state index in [0.717, 1.165) is 38.5 Å². The minimum atomic E-state index is -1.55. The highest BCUT2D eigenvalue weighted by Crippen LogP contribution is 2.23. The minimum Gasteiger partial charge on any atom is -0.394 e. The molecule has 9 heteroatoms. The summed E-state index contributed by atoms with van der Waals surface area (Å²) >= 11 is 0. The first-order valence-corrected chi connectivity index (χ1v) is 25.2. The number of hydrogen-bond acceptors (Lipinski definition) is 8. The molecule has 0 spiro atoms. The summed E-state index contributed by atoms with van der Waals surface area (Å²) in [4.78, 5) is 13.0. The molecule has 0 saturated carbocycles. The fourth-order valence-corrected chi connectivity index (χ4v) is 8.40. The summed E-state index contributed by atoms with van der Waals surface area (Å²) in [5.74, 6) is -0.140. The van der Waals surface area contributed by atoms with E-state index >= 15 is 0 Å². The number of unbranched alkanes of at least 4 members (excludes halogenated alkanes) is 33. The summed E-state index contributed by atoms with van der Waals surface area (Å²) in [6.07, 6.45) is 38.3. The summed E-state index contributed by atoms with van der Waals surface area (Å²) in [5.41, 5.74) is 0. The Morgan fingerprint density at radius 2 is 0.862 bits per heavy atom. The van der Waals surface area contributed by atoms with Crippen LogP contribution < -0.4 is 5.32 Å². The Balaban J connectivity index is 2.24. The fourth-order valence-electron chi connectivity index (χ4n) is 8.40. The van der Waals surface area contributed by atoms with Crippen LogP contribution >= 0.6 is 0 Å². The van der Waals surface area contributed by atoms with Gasteiger partial charge in [-0.3, -0.25) is 4.79 Å². The van der Waals surface area contributed by atoms with Crippen LogP contribution in [0.3, 0.4) is 0 Å². The van der Waals surface area contributed by atoms with E-state index in [9.17, 15) is 30.3 Å². The van der Waals surface area contributed by atoms with Gasteiger partial charge in [-0.2, -0.15) is 0 Å². The second kappa shape index (κ2) is 40.3. The molecule has 0 bridgehead atoms. The molecule has 1 aliphatic rings. The summed E-state index contributed by atoms with van der Waals surface area (Å²) in [6.45, 7) is 3.86.